The van der Waals surface area contributed by atoms with Gasteiger partial charge in [-0.05, 0) is 36.1 Å². The fourth-order valence-electron chi connectivity index (χ4n) is 4.66. The fraction of sp³-hybridized carbons (Fsp3) is 0.360. The second-order valence-electron chi connectivity index (χ2n) is 8.33. The average molecular weight is 417 g/mol. The molecule has 2 aromatic carbocycles. The molecule has 0 atom stereocenters. The van der Waals surface area contributed by atoms with Gasteiger partial charge < -0.3 is 14.4 Å². The van der Waals surface area contributed by atoms with Gasteiger partial charge in [-0.1, -0.05) is 48.8 Å². The van der Waals surface area contributed by atoms with Gasteiger partial charge >= 0.3 is 0 Å². The molecular weight excluding hydrogens is 388 g/mol. The number of hydrogen-bond donors (Lipinski definition) is 1. The molecule has 6 heteroatoms. The number of nitrogens with zero attached hydrogens (tertiary/aromatic N) is 3. The Morgan fingerprint density at radius 1 is 0.968 bits per heavy atom. The minimum absolute atomic E-state index is 0.00291. The summed E-state index contributed by atoms with van der Waals surface area (Å²) < 4.78 is 5.48. The van der Waals surface area contributed by atoms with E-state index in [0.717, 1.165) is 79.9 Å². The van der Waals surface area contributed by atoms with Crippen LogP contribution < -0.4 is 10.5 Å². The monoisotopic (exact) mass is 416 g/mol. The summed E-state index contributed by atoms with van der Waals surface area (Å²) in [4.78, 5) is 20.1. The van der Waals surface area contributed by atoms with Gasteiger partial charge in [0.1, 0.15) is 0 Å². The number of anilines is 1. The highest BCUT2D eigenvalue weighted by Crippen LogP contribution is 2.27. The molecule has 1 aliphatic rings. The predicted octanol–water partition coefficient (Wildman–Crippen LogP) is 3.99. The molecule has 4 aromatic rings. The number of nitrogens with one attached hydrogen (secondary N) is 1. The summed E-state index contributed by atoms with van der Waals surface area (Å²) in [5.41, 5.74) is 4.21. The third-order valence-corrected chi connectivity index (χ3v) is 6.30. The summed E-state index contributed by atoms with van der Waals surface area (Å²) in [6.45, 7) is 6.98. The molecule has 3 heterocycles. The highest BCUT2D eigenvalue weighted by molar-refractivity contribution is 5.88. The molecule has 0 bridgehead atoms. The molecule has 1 saturated heterocycles. The molecule has 31 heavy (non-hydrogen) atoms. The molecule has 0 saturated carbocycles. The molecule has 1 N–H and O–H groups in total. The summed E-state index contributed by atoms with van der Waals surface area (Å²) in [5.74, 6) is 0.949. The lowest BCUT2D eigenvalue weighted by atomic mass is 10.0. The van der Waals surface area contributed by atoms with Gasteiger partial charge in [0.25, 0.3) is 0 Å². The highest BCUT2D eigenvalue weighted by Gasteiger charge is 2.21. The van der Waals surface area contributed by atoms with Gasteiger partial charge in [-0.2, -0.15) is 0 Å². The fourth-order valence-corrected chi connectivity index (χ4v) is 4.66. The van der Waals surface area contributed by atoms with E-state index >= 15 is 0 Å². The Hall–Kier alpha value is -3.12. The van der Waals surface area contributed by atoms with E-state index in [0.29, 0.717) is 0 Å². The van der Waals surface area contributed by atoms with Gasteiger partial charge in [-0.3, -0.25) is 9.69 Å². The van der Waals surface area contributed by atoms with E-state index in [1.54, 1.807) is 6.07 Å². The van der Waals surface area contributed by atoms with Gasteiger partial charge in [-0.25, -0.2) is 0 Å². The number of para-hydroxylation sites is 2. The average Bonchev–Trinajstić information content (AvgIpc) is 3.22. The number of rotatable bonds is 6. The maximum absolute atomic E-state index is 12.2. The summed E-state index contributed by atoms with van der Waals surface area (Å²) in [6.07, 6.45) is 2.90. The van der Waals surface area contributed by atoms with Gasteiger partial charge in [0.15, 0.2) is 11.4 Å². The number of H-pyrrole nitrogens is 1. The lowest BCUT2D eigenvalue weighted by molar-refractivity contribution is 0.259. The van der Waals surface area contributed by atoms with Crippen LogP contribution in [0.3, 0.4) is 0 Å². The van der Waals surface area contributed by atoms with Crippen LogP contribution in [0.2, 0.25) is 0 Å². The zero-order chi connectivity index (χ0) is 21.2. The second kappa shape index (κ2) is 8.55. The first-order valence-corrected chi connectivity index (χ1v) is 11.2. The van der Waals surface area contributed by atoms with Crippen LogP contribution >= 0.6 is 0 Å². The van der Waals surface area contributed by atoms with Gasteiger partial charge in [0, 0.05) is 44.2 Å². The molecule has 0 aliphatic carbocycles. The number of aromatic nitrogens is 2. The summed E-state index contributed by atoms with van der Waals surface area (Å²) in [5, 5.41) is 6.57. The van der Waals surface area contributed by atoms with E-state index in [1.165, 1.54) is 10.9 Å². The zero-order valence-electron chi connectivity index (χ0n) is 17.9. The van der Waals surface area contributed by atoms with Crippen molar-refractivity contribution in [1.82, 2.24) is 15.0 Å². The van der Waals surface area contributed by atoms with Crippen molar-refractivity contribution in [2.75, 3.05) is 37.6 Å². The molecule has 0 spiro atoms. The number of aromatic amines is 1. The third-order valence-electron chi connectivity index (χ3n) is 6.30. The number of pyridine rings is 1. The number of benzene rings is 2. The Morgan fingerprint density at radius 2 is 1.77 bits per heavy atom. The molecule has 0 amide bonds. The van der Waals surface area contributed by atoms with Gasteiger partial charge in [0.05, 0.1) is 10.9 Å². The van der Waals surface area contributed by atoms with Crippen molar-refractivity contribution in [3.63, 3.8) is 0 Å². The van der Waals surface area contributed by atoms with Crippen LogP contribution in [-0.2, 0) is 12.8 Å². The highest BCUT2D eigenvalue weighted by atomic mass is 16.5. The molecule has 5 rings (SSSR count). The van der Waals surface area contributed by atoms with Crippen LogP contribution in [0.1, 0.15) is 24.5 Å². The van der Waals surface area contributed by atoms with E-state index in [9.17, 15) is 4.79 Å². The van der Waals surface area contributed by atoms with Gasteiger partial charge in [-0.15, -0.1) is 0 Å². The van der Waals surface area contributed by atoms with Crippen molar-refractivity contribution in [3.05, 3.63) is 70.0 Å². The summed E-state index contributed by atoms with van der Waals surface area (Å²) in [7, 11) is 0. The van der Waals surface area contributed by atoms with Crippen LogP contribution in [0.15, 0.2) is 57.8 Å². The first-order valence-electron chi connectivity index (χ1n) is 11.2. The Bertz CT molecular complexity index is 1250. The van der Waals surface area contributed by atoms with Crippen LogP contribution in [-0.4, -0.2) is 47.8 Å². The van der Waals surface area contributed by atoms with E-state index in [-0.39, 0.29) is 5.56 Å². The lowest BCUT2D eigenvalue weighted by Gasteiger charge is -2.34. The Kier molecular flexibility index (Phi) is 5.47. The standard InChI is InChI=1S/C25H28N4O2/c1-2-6-19-17-23(30)26-24-18(7-5-9-20(19)24)11-12-28-13-15-29(16-14-28)25-21-8-3-4-10-22(21)31-27-25/h3-5,7-10,17H,2,6,11-16H2,1H3,(H,26,30). The maximum Gasteiger partial charge on any atom is 0.248 e. The SMILES string of the molecule is CCCc1cc(=O)[nH]c2c(CCN3CCN(c4noc5ccccc45)CC3)cccc12. The zero-order valence-corrected chi connectivity index (χ0v) is 17.9. The van der Waals surface area contributed by atoms with Gasteiger partial charge in [0.2, 0.25) is 5.56 Å². The number of hydrogen-bond acceptors (Lipinski definition) is 5. The molecule has 2 aromatic heterocycles. The Balaban J connectivity index is 1.26. The number of fused-ring (bicyclic) bond motifs is 2. The maximum atomic E-state index is 12.2. The molecule has 160 valence electrons. The molecular formula is C25H28N4O2. The summed E-state index contributed by atoms with van der Waals surface area (Å²) >= 11 is 0. The minimum atomic E-state index is -0.00291. The largest absolute Gasteiger partial charge is 0.354 e. The lowest BCUT2D eigenvalue weighted by Crippen LogP contribution is -2.47. The van der Waals surface area contributed by atoms with Crippen molar-refractivity contribution in [1.29, 1.82) is 0 Å². The van der Waals surface area contributed by atoms with Crippen LogP contribution in [0, 0.1) is 0 Å². The topological polar surface area (TPSA) is 65.4 Å². The van der Waals surface area contributed by atoms with Crippen molar-refractivity contribution in [2.24, 2.45) is 0 Å². The molecule has 0 radical (unpaired) electrons. The molecule has 1 aliphatic heterocycles. The van der Waals surface area contributed by atoms with Crippen LogP contribution in [0.25, 0.3) is 21.9 Å². The van der Waals surface area contributed by atoms with E-state index in [4.69, 9.17) is 4.52 Å². The predicted molar refractivity (Wildman–Crippen MR) is 125 cm³/mol. The van der Waals surface area contributed by atoms with Crippen LogP contribution in [0.5, 0.6) is 0 Å². The van der Waals surface area contributed by atoms with E-state index in [1.807, 2.05) is 18.2 Å². The van der Waals surface area contributed by atoms with Crippen molar-refractivity contribution >= 4 is 27.7 Å². The normalized spacial score (nSPS) is 15.2. The smallest absolute Gasteiger partial charge is 0.248 e. The van der Waals surface area contributed by atoms with E-state index < -0.39 is 0 Å². The molecule has 0 unspecified atom stereocenters. The third kappa shape index (κ3) is 3.95. The molecule has 1 fully saturated rings. The number of piperazine rings is 1. The van der Waals surface area contributed by atoms with Crippen LogP contribution in [0.4, 0.5) is 5.82 Å². The quantitative estimate of drug-likeness (QED) is 0.515. The first kappa shape index (κ1) is 19.8. The first-order chi connectivity index (χ1) is 15.2. The number of aryl methyl sites for hydroxylation is 1. The van der Waals surface area contributed by atoms with Crippen molar-refractivity contribution in [2.45, 2.75) is 26.2 Å². The van der Waals surface area contributed by atoms with E-state index in [2.05, 4.69) is 51.1 Å². The second-order valence-corrected chi connectivity index (χ2v) is 8.33. The molecule has 6 nitrogen and oxygen atoms in total. The Labute approximate surface area is 181 Å². The minimum Gasteiger partial charge on any atom is -0.354 e. The van der Waals surface area contributed by atoms with Crippen molar-refractivity contribution < 1.29 is 4.52 Å². The summed E-state index contributed by atoms with van der Waals surface area (Å²) in [6, 6.07) is 16.2. The van der Waals surface area contributed by atoms with Crippen molar-refractivity contribution in [3.8, 4) is 0 Å². The Morgan fingerprint density at radius 3 is 2.61 bits per heavy atom.